The van der Waals surface area contributed by atoms with Crippen molar-refractivity contribution < 1.29 is 22.7 Å². The summed E-state index contributed by atoms with van der Waals surface area (Å²) >= 11 is 0. The fourth-order valence-electron chi connectivity index (χ4n) is 4.12. The molecule has 12 heteroatoms. The first kappa shape index (κ1) is 22.5. The normalized spacial score (nSPS) is 20.2. The van der Waals surface area contributed by atoms with E-state index in [1.807, 2.05) is 0 Å². The molecule has 1 aliphatic carbocycles. The maximum atomic E-state index is 12.9. The Balaban J connectivity index is 1.36. The molecule has 180 valence electrons. The van der Waals surface area contributed by atoms with Gasteiger partial charge < -0.3 is 15.4 Å². The van der Waals surface area contributed by atoms with E-state index in [4.69, 9.17) is 4.74 Å². The van der Waals surface area contributed by atoms with E-state index in [0.29, 0.717) is 40.5 Å². The van der Waals surface area contributed by atoms with E-state index in [0.717, 1.165) is 12.8 Å². The molecular weight excluding hydrogens is 460 g/mol. The number of sulfonamides is 1. The summed E-state index contributed by atoms with van der Waals surface area (Å²) in [4.78, 5) is 35.1. The van der Waals surface area contributed by atoms with Crippen LogP contribution < -0.4 is 20.3 Å². The maximum absolute atomic E-state index is 12.9. The molecule has 1 saturated carbocycles. The molecule has 1 unspecified atom stereocenters. The number of fused-ring (bicyclic) bond motifs is 3. The van der Waals surface area contributed by atoms with Gasteiger partial charge in [-0.25, -0.2) is 13.4 Å². The monoisotopic (exact) mass is 486 g/mol. The summed E-state index contributed by atoms with van der Waals surface area (Å²) in [6.45, 7) is 3.26. The number of aromatic nitrogens is 2. The molecule has 2 fully saturated rings. The minimum Gasteiger partial charge on any atom is -0.489 e. The van der Waals surface area contributed by atoms with Gasteiger partial charge >= 0.3 is 0 Å². The number of piperazine rings is 1. The summed E-state index contributed by atoms with van der Waals surface area (Å²) in [6, 6.07) is 5.25. The number of carbonyl (C=O) groups excluding carboxylic acids is 2. The summed E-state index contributed by atoms with van der Waals surface area (Å²) in [7, 11) is -3.46. The molecule has 34 heavy (non-hydrogen) atoms. The molecule has 3 heterocycles. The first-order chi connectivity index (χ1) is 16.2. The second kappa shape index (κ2) is 8.51. The van der Waals surface area contributed by atoms with Crippen molar-refractivity contribution in [3.63, 3.8) is 0 Å². The Morgan fingerprint density at radius 2 is 2.09 bits per heavy atom. The van der Waals surface area contributed by atoms with Crippen LogP contribution in [0.15, 0.2) is 24.4 Å². The SMILES string of the molecule is CCS(=O)(=O)N1CC(=O)N2c3ccc(Nc4ncc(C(C)=O)c(NC5CC5)n4)cc3OCC2C1. The van der Waals surface area contributed by atoms with Gasteiger partial charge in [-0.05, 0) is 38.8 Å². The minimum absolute atomic E-state index is 0.0488. The molecule has 1 saturated heterocycles. The van der Waals surface area contributed by atoms with Crippen LogP contribution in [0.5, 0.6) is 5.75 Å². The first-order valence-electron chi connectivity index (χ1n) is 11.2. The zero-order valence-corrected chi connectivity index (χ0v) is 19.8. The number of nitrogens with one attached hydrogen (secondary N) is 2. The highest BCUT2D eigenvalue weighted by atomic mass is 32.2. The quantitative estimate of drug-likeness (QED) is 0.561. The Bertz CT molecular complexity index is 1260. The van der Waals surface area contributed by atoms with Crippen LogP contribution in [-0.2, 0) is 14.8 Å². The standard InChI is InChI=1S/C22H26N6O5S/c1-3-34(31,32)27-10-16-12-33-19-8-15(6-7-18(19)28(16)20(30)11-27)25-22-23-9-17(13(2)29)21(26-22)24-14-4-5-14/h6-9,14,16H,3-5,10-12H2,1-2H3,(H2,23,24,25,26). The Morgan fingerprint density at radius 3 is 2.79 bits per heavy atom. The van der Waals surface area contributed by atoms with Crippen molar-refractivity contribution in [2.75, 3.05) is 41.0 Å². The molecule has 1 aromatic heterocycles. The fraction of sp³-hybridized carbons (Fsp3) is 0.455. The molecule has 2 aliphatic heterocycles. The van der Waals surface area contributed by atoms with Gasteiger partial charge in [0.05, 0.1) is 29.6 Å². The van der Waals surface area contributed by atoms with Crippen LogP contribution in [0.25, 0.3) is 0 Å². The summed E-state index contributed by atoms with van der Waals surface area (Å²) in [6.07, 6.45) is 3.60. The van der Waals surface area contributed by atoms with E-state index in [1.165, 1.54) is 17.4 Å². The molecule has 1 atom stereocenters. The highest BCUT2D eigenvalue weighted by Crippen LogP contribution is 2.38. The highest BCUT2D eigenvalue weighted by Gasteiger charge is 2.41. The lowest BCUT2D eigenvalue weighted by atomic mass is 10.1. The Hall–Kier alpha value is -3.25. The second-order valence-corrected chi connectivity index (χ2v) is 10.9. The third-order valence-electron chi connectivity index (χ3n) is 6.11. The summed E-state index contributed by atoms with van der Waals surface area (Å²) in [5, 5.41) is 6.40. The van der Waals surface area contributed by atoms with Gasteiger partial charge in [0.15, 0.2) is 5.78 Å². The molecular formula is C22H26N6O5S. The lowest BCUT2D eigenvalue weighted by Gasteiger charge is -2.43. The van der Waals surface area contributed by atoms with Gasteiger partial charge in [-0.15, -0.1) is 0 Å². The smallest absolute Gasteiger partial charge is 0.242 e. The van der Waals surface area contributed by atoms with E-state index in [9.17, 15) is 18.0 Å². The number of ketones is 1. The van der Waals surface area contributed by atoms with Crippen molar-refractivity contribution in [3.05, 3.63) is 30.0 Å². The molecule has 5 rings (SSSR count). The van der Waals surface area contributed by atoms with Gasteiger partial charge in [-0.2, -0.15) is 9.29 Å². The van der Waals surface area contributed by atoms with Crippen molar-refractivity contribution in [3.8, 4) is 5.75 Å². The van der Waals surface area contributed by atoms with Crippen LogP contribution in [-0.4, -0.2) is 71.9 Å². The molecule has 2 aromatic rings. The highest BCUT2D eigenvalue weighted by molar-refractivity contribution is 7.89. The van der Waals surface area contributed by atoms with Gasteiger partial charge in [0.1, 0.15) is 18.2 Å². The molecule has 0 radical (unpaired) electrons. The summed E-state index contributed by atoms with van der Waals surface area (Å²) in [5.74, 6) is 0.914. The average molecular weight is 487 g/mol. The average Bonchev–Trinajstić information content (AvgIpc) is 3.62. The van der Waals surface area contributed by atoms with Gasteiger partial charge in [0.2, 0.25) is 21.9 Å². The molecule has 2 N–H and O–H groups in total. The van der Waals surface area contributed by atoms with Gasteiger partial charge in [0, 0.05) is 30.5 Å². The minimum atomic E-state index is -3.46. The zero-order valence-electron chi connectivity index (χ0n) is 18.9. The Kier molecular flexibility index (Phi) is 5.64. The number of hydrogen-bond acceptors (Lipinski definition) is 9. The fourth-order valence-corrected chi connectivity index (χ4v) is 5.19. The van der Waals surface area contributed by atoms with Crippen LogP contribution in [0.1, 0.15) is 37.0 Å². The Labute approximate surface area is 197 Å². The van der Waals surface area contributed by atoms with E-state index in [2.05, 4.69) is 20.6 Å². The zero-order chi connectivity index (χ0) is 24.0. The number of nitrogens with zero attached hydrogens (tertiary/aromatic N) is 4. The lowest BCUT2D eigenvalue weighted by Crippen LogP contribution is -2.61. The summed E-state index contributed by atoms with van der Waals surface area (Å²) < 4.78 is 31.6. The number of Topliss-reactive ketones (excluding diaryl/α,β-unsaturated/α-hetero) is 1. The van der Waals surface area contributed by atoms with Crippen molar-refractivity contribution in [1.29, 1.82) is 0 Å². The lowest BCUT2D eigenvalue weighted by molar-refractivity contribution is -0.121. The van der Waals surface area contributed by atoms with Gasteiger partial charge in [-0.3, -0.25) is 14.5 Å². The van der Waals surface area contributed by atoms with E-state index >= 15 is 0 Å². The number of rotatable bonds is 7. The predicted octanol–water partition coefficient (Wildman–Crippen LogP) is 1.76. The van der Waals surface area contributed by atoms with Crippen molar-refractivity contribution in [2.45, 2.75) is 38.8 Å². The number of anilines is 4. The molecule has 0 spiro atoms. The van der Waals surface area contributed by atoms with Crippen LogP contribution in [0.4, 0.5) is 23.1 Å². The topological polar surface area (TPSA) is 134 Å². The van der Waals surface area contributed by atoms with Crippen LogP contribution >= 0.6 is 0 Å². The maximum Gasteiger partial charge on any atom is 0.242 e. The van der Waals surface area contributed by atoms with Crippen LogP contribution in [0.3, 0.4) is 0 Å². The number of carbonyl (C=O) groups is 2. The molecule has 0 bridgehead atoms. The number of benzene rings is 1. The van der Waals surface area contributed by atoms with E-state index < -0.39 is 10.0 Å². The van der Waals surface area contributed by atoms with Gasteiger partial charge in [0.25, 0.3) is 0 Å². The van der Waals surface area contributed by atoms with Crippen LogP contribution in [0.2, 0.25) is 0 Å². The number of amides is 1. The molecule has 1 aromatic carbocycles. The number of ether oxygens (including phenoxy) is 1. The number of hydrogen-bond donors (Lipinski definition) is 2. The predicted molar refractivity (Wildman–Crippen MR) is 126 cm³/mol. The van der Waals surface area contributed by atoms with Gasteiger partial charge in [-0.1, -0.05) is 0 Å². The van der Waals surface area contributed by atoms with Crippen LogP contribution in [0, 0.1) is 0 Å². The first-order valence-corrected chi connectivity index (χ1v) is 12.8. The van der Waals surface area contributed by atoms with Crippen molar-refractivity contribution in [2.24, 2.45) is 0 Å². The Morgan fingerprint density at radius 1 is 1.29 bits per heavy atom. The largest absolute Gasteiger partial charge is 0.489 e. The van der Waals surface area contributed by atoms with Crippen molar-refractivity contribution >= 4 is 44.9 Å². The molecule has 11 nitrogen and oxygen atoms in total. The molecule has 1 amide bonds. The van der Waals surface area contributed by atoms with E-state index in [1.54, 1.807) is 30.0 Å². The van der Waals surface area contributed by atoms with Crippen molar-refractivity contribution in [1.82, 2.24) is 14.3 Å². The second-order valence-electron chi connectivity index (χ2n) is 8.66. The molecule has 3 aliphatic rings. The third-order valence-corrected chi connectivity index (χ3v) is 7.91. The third kappa shape index (κ3) is 4.30. The summed E-state index contributed by atoms with van der Waals surface area (Å²) in [5.41, 5.74) is 1.70. The van der Waals surface area contributed by atoms with E-state index in [-0.39, 0.29) is 43.2 Å².